The summed E-state index contributed by atoms with van der Waals surface area (Å²) in [6.45, 7) is 1.00. The molecule has 38 heavy (non-hydrogen) atoms. The molecule has 0 atom stereocenters. The average Bonchev–Trinajstić information content (AvgIpc) is 2.94. The molecule has 3 aliphatic rings. The Bertz CT molecular complexity index is 1540. The Morgan fingerprint density at radius 2 is 1.92 bits per heavy atom. The molecule has 1 saturated carbocycles. The van der Waals surface area contributed by atoms with Crippen molar-refractivity contribution < 1.29 is 13.9 Å². The molecule has 2 aliphatic heterocycles. The van der Waals surface area contributed by atoms with Gasteiger partial charge in [0.05, 0.1) is 36.5 Å². The third-order valence-corrected chi connectivity index (χ3v) is 8.12. The van der Waals surface area contributed by atoms with Crippen LogP contribution in [0.15, 0.2) is 41.6 Å². The van der Waals surface area contributed by atoms with E-state index < -0.39 is 0 Å². The van der Waals surface area contributed by atoms with E-state index in [2.05, 4.69) is 25.3 Å². The van der Waals surface area contributed by atoms with E-state index in [9.17, 15) is 9.18 Å². The molecule has 0 radical (unpaired) electrons. The van der Waals surface area contributed by atoms with Crippen LogP contribution >= 0.6 is 12.4 Å². The van der Waals surface area contributed by atoms with Gasteiger partial charge in [0.1, 0.15) is 11.3 Å². The highest BCUT2D eigenvalue weighted by Gasteiger charge is 2.49. The Hall–Kier alpha value is -3.21. The predicted octanol–water partition coefficient (Wildman–Crippen LogP) is 3.65. The summed E-state index contributed by atoms with van der Waals surface area (Å²) in [5, 5.41) is 3.63. The van der Waals surface area contributed by atoms with Crippen LogP contribution < -0.4 is 15.6 Å². The van der Waals surface area contributed by atoms with E-state index in [1.54, 1.807) is 43.3 Å². The first-order chi connectivity index (χ1) is 17.9. The van der Waals surface area contributed by atoms with Gasteiger partial charge in [0, 0.05) is 48.7 Å². The zero-order valence-corrected chi connectivity index (χ0v) is 22.2. The molecular formula is C27H30ClFN6O3. The van der Waals surface area contributed by atoms with E-state index in [0.717, 1.165) is 25.7 Å². The Balaban J connectivity index is 0.00000294. The first-order valence-electron chi connectivity index (χ1n) is 12.6. The van der Waals surface area contributed by atoms with Crippen LogP contribution in [0.4, 0.5) is 4.39 Å². The summed E-state index contributed by atoms with van der Waals surface area (Å²) in [4.78, 5) is 30.1. The van der Waals surface area contributed by atoms with Gasteiger partial charge in [-0.05, 0) is 50.7 Å². The topological polar surface area (TPSA) is 104 Å². The second-order valence-corrected chi connectivity index (χ2v) is 10.2. The fraction of sp³-hybridized carbons (Fsp3) is 0.444. The fourth-order valence-corrected chi connectivity index (χ4v) is 5.75. The van der Waals surface area contributed by atoms with Gasteiger partial charge in [-0.3, -0.25) is 19.3 Å². The van der Waals surface area contributed by atoms with Crippen LogP contribution in [0.5, 0.6) is 5.88 Å². The predicted molar refractivity (Wildman–Crippen MR) is 143 cm³/mol. The largest absolute Gasteiger partial charge is 0.481 e. The minimum Gasteiger partial charge on any atom is -0.481 e. The minimum atomic E-state index is -0.353. The number of fused-ring (bicyclic) bond motifs is 5. The molecule has 4 aromatic rings. The lowest BCUT2D eigenvalue weighted by atomic mass is 9.69. The van der Waals surface area contributed by atoms with Crippen LogP contribution in [0.3, 0.4) is 0 Å². The van der Waals surface area contributed by atoms with Crippen molar-refractivity contribution in [1.29, 1.82) is 0 Å². The molecule has 0 aromatic carbocycles. The molecule has 1 aliphatic carbocycles. The highest BCUT2D eigenvalue weighted by molar-refractivity contribution is 5.85. The van der Waals surface area contributed by atoms with Crippen LogP contribution in [0.2, 0.25) is 0 Å². The van der Waals surface area contributed by atoms with Gasteiger partial charge < -0.3 is 14.8 Å². The Kier molecular flexibility index (Phi) is 7.06. The standard InChI is InChI=1S/C27H29FN6O3.ClH/c1-34-24-21(29-11-12-30-24)13-17(25(34)35)14-32-26-7-9-27(10-8-26,37-16-26)6-5-18-19(28)15-31-20-3-4-22(36-2)33-23(18)20;/h3-4,11-13,15,32H,5-10,14,16H2,1-2H3;1H. The average molecular weight is 541 g/mol. The number of pyridine rings is 3. The molecule has 1 N–H and O–H groups in total. The maximum Gasteiger partial charge on any atom is 0.256 e. The number of aromatic nitrogens is 5. The van der Waals surface area contributed by atoms with Crippen molar-refractivity contribution in [2.45, 2.75) is 56.2 Å². The number of nitrogens with one attached hydrogen (secondary N) is 1. The van der Waals surface area contributed by atoms with Crippen LogP contribution in [0.25, 0.3) is 22.2 Å². The van der Waals surface area contributed by atoms with Gasteiger partial charge in [0.15, 0.2) is 5.65 Å². The molecule has 6 heterocycles. The normalized spacial score (nSPS) is 22.5. The van der Waals surface area contributed by atoms with Crippen molar-refractivity contribution in [3.63, 3.8) is 0 Å². The monoisotopic (exact) mass is 540 g/mol. The highest BCUT2D eigenvalue weighted by atomic mass is 35.5. The second-order valence-electron chi connectivity index (χ2n) is 10.2. The maximum atomic E-state index is 14.8. The van der Waals surface area contributed by atoms with E-state index in [1.807, 2.05) is 6.07 Å². The van der Waals surface area contributed by atoms with Crippen molar-refractivity contribution >= 4 is 34.6 Å². The van der Waals surface area contributed by atoms with Gasteiger partial charge in [-0.15, -0.1) is 12.4 Å². The van der Waals surface area contributed by atoms with Crippen LogP contribution in [0.1, 0.15) is 43.2 Å². The molecule has 2 saturated heterocycles. The molecule has 0 unspecified atom stereocenters. The molecule has 4 aromatic heterocycles. The summed E-state index contributed by atoms with van der Waals surface area (Å²) in [5.74, 6) is 0.0870. The number of aryl methyl sites for hydroxylation is 2. The molecule has 9 nitrogen and oxygen atoms in total. The van der Waals surface area contributed by atoms with E-state index >= 15 is 0 Å². The minimum absolute atomic E-state index is 0. The van der Waals surface area contributed by atoms with Gasteiger partial charge in [-0.2, -0.15) is 0 Å². The molecule has 0 amide bonds. The summed E-state index contributed by atoms with van der Waals surface area (Å²) in [6.07, 6.45) is 9.34. The van der Waals surface area contributed by atoms with Gasteiger partial charge in [0.25, 0.3) is 5.56 Å². The molecule has 0 spiro atoms. The molecular weight excluding hydrogens is 511 g/mol. The third kappa shape index (κ3) is 4.61. The van der Waals surface area contributed by atoms with Crippen molar-refractivity contribution in [1.82, 2.24) is 29.8 Å². The quantitative estimate of drug-likeness (QED) is 0.379. The smallest absolute Gasteiger partial charge is 0.256 e. The molecule has 7 rings (SSSR count). The van der Waals surface area contributed by atoms with Crippen molar-refractivity contribution in [3.05, 3.63) is 64.1 Å². The Morgan fingerprint density at radius 1 is 1.13 bits per heavy atom. The highest BCUT2D eigenvalue weighted by Crippen LogP contribution is 2.46. The number of hydrogen-bond acceptors (Lipinski definition) is 8. The summed E-state index contributed by atoms with van der Waals surface area (Å²) in [6, 6.07) is 5.35. The second kappa shape index (κ2) is 10.2. The van der Waals surface area contributed by atoms with E-state index in [1.165, 1.54) is 6.20 Å². The van der Waals surface area contributed by atoms with Gasteiger partial charge in [-0.25, -0.2) is 14.4 Å². The van der Waals surface area contributed by atoms with E-state index in [-0.39, 0.29) is 34.9 Å². The van der Waals surface area contributed by atoms with Crippen LogP contribution in [-0.4, -0.2) is 49.4 Å². The zero-order valence-electron chi connectivity index (χ0n) is 21.4. The van der Waals surface area contributed by atoms with Gasteiger partial charge in [0.2, 0.25) is 5.88 Å². The number of nitrogens with zero attached hydrogens (tertiary/aromatic N) is 5. The zero-order chi connectivity index (χ0) is 25.6. The molecule has 2 bridgehead atoms. The fourth-order valence-electron chi connectivity index (χ4n) is 5.75. The lowest BCUT2D eigenvalue weighted by Crippen LogP contribution is -2.61. The molecule has 3 fully saturated rings. The number of hydrogen-bond donors (Lipinski definition) is 1. The van der Waals surface area contributed by atoms with Crippen molar-refractivity contribution in [2.24, 2.45) is 7.05 Å². The van der Waals surface area contributed by atoms with Gasteiger partial charge >= 0.3 is 0 Å². The summed E-state index contributed by atoms with van der Waals surface area (Å²) in [7, 11) is 3.27. The third-order valence-electron chi connectivity index (χ3n) is 8.12. The Morgan fingerprint density at radius 3 is 2.66 bits per heavy atom. The number of halogens is 2. The number of rotatable bonds is 7. The van der Waals surface area contributed by atoms with Crippen LogP contribution in [-0.2, 0) is 24.8 Å². The lowest BCUT2D eigenvalue weighted by molar-refractivity contribution is -0.165. The summed E-state index contributed by atoms with van der Waals surface area (Å²) < 4.78 is 28.0. The first-order valence-corrected chi connectivity index (χ1v) is 12.6. The maximum absolute atomic E-state index is 14.8. The molecule has 11 heteroatoms. The SMILES string of the molecule is COc1ccc2ncc(F)c(CCC34CCC(NCc5cc6nccnc6n(C)c5=O)(CC3)CO4)c2n1.Cl. The van der Waals surface area contributed by atoms with E-state index in [0.29, 0.717) is 65.2 Å². The number of ether oxygens (including phenoxy) is 2. The van der Waals surface area contributed by atoms with Crippen LogP contribution in [0, 0.1) is 5.82 Å². The summed E-state index contributed by atoms with van der Waals surface area (Å²) >= 11 is 0. The lowest BCUT2D eigenvalue weighted by Gasteiger charge is -2.53. The number of methoxy groups -OCH3 is 1. The van der Waals surface area contributed by atoms with Gasteiger partial charge in [-0.1, -0.05) is 0 Å². The molecule has 200 valence electrons. The van der Waals surface area contributed by atoms with Crippen molar-refractivity contribution in [3.8, 4) is 5.88 Å². The first kappa shape index (κ1) is 26.4. The van der Waals surface area contributed by atoms with Crippen molar-refractivity contribution in [2.75, 3.05) is 13.7 Å². The Labute approximate surface area is 225 Å². The van der Waals surface area contributed by atoms with E-state index in [4.69, 9.17) is 9.47 Å². The summed E-state index contributed by atoms with van der Waals surface area (Å²) in [5.41, 5.74) is 3.15.